The number of benzene rings is 1. The van der Waals surface area contributed by atoms with Crippen LogP contribution in [-0.2, 0) is 9.59 Å². The zero-order valence-electron chi connectivity index (χ0n) is 18.7. The molecular formula is C23H35N5O2. The molecule has 0 saturated carbocycles. The van der Waals surface area contributed by atoms with Crippen LogP contribution in [0.25, 0.3) is 0 Å². The fourth-order valence-corrected chi connectivity index (χ4v) is 4.11. The fourth-order valence-electron chi connectivity index (χ4n) is 4.11. The molecule has 164 valence electrons. The van der Waals surface area contributed by atoms with Gasteiger partial charge in [-0.3, -0.25) is 14.6 Å². The van der Waals surface area contributed by atoms with Crippen LogP contribution < -0.4 is 15.5 Å². The number of likely N-dealkylation sites (tertiary alicyclic amines) is 1. The lowest BCUT2D eigenvalue weighted by Gasteiger charge is -2.24. The summed E-state index contributed by atoms with van der Waals surface area (Å²) >= 11 is 0. The molecular weight excluding hydrogens is 378 g/mol. The third kappa shape index (κ3) is 5.12. The SMILES string of the molecule is CN=C(NCCNC(=O)C(C)(C)C)N1CC(CCN2CCCC2=O)c2ccccc21. The lowest BCUT2D eigenvalue weighted by molar-refractivity contribution is -0.128. The fraction of sp³-hybridized carbons (Fsp3) is 0.609. The maximum Gasteiger partial charge on any atom is 0.225 e. The van der Waals surface area contributed by atoms with E-state index in [1.165, 1.54) is 11.3 Å². The number of carbonyl (C=O) groups is 2. The molecule has 0 bridgehead atoms. The van der Waals surface area contributed by atoms with Crippen LogP contribution >= 0.6 is 0 Å². The average molecular weight is 414 g/mol. The summed E-state index contributed by atoms with van der Waals surface area (Å²) in [6.45, 7) is 9.43. The first-order valence-electron chi connectivity index (χ1n) is 10.9. The van der Waals surface area contributed by atoms with Gasteiger partial charge in [-0.05, 0) is 24.5 Å². The number of nitrogens with one attached hydrogen (secondary N) is 2. The monoisotopic (exact) mass is 413 g/mol. The molecule has 2 heterocycles. The van der Waals surface area contributed by atoms with Gasteiger partial charge in [0.05, 0.1) is 0 Å². The van der Waals surface area contributed by atoms with Crippen molar-refractivity contribution in [2.24, 2.45) is 10.4 Å². The lowest BCUT2D eigenvalue weighted by atomic mass is 9.96. The maximum absolute atomic E-state index is 12.0. The van der Waals surface area contributed by atoms with E-state index in [0.717, 1.165) is 38.4 Å². The smallest absolute Gasteiger partial charge is 0.225 e. The molecule has 7 heteroatoms. The molecule has 1 atom stereocenters. The molecule has 0 spiro atoms. The molecule has 1 saturated heterocycles. The highest BCUT2D eigenvalue weighted by Gasteiger charge is 2.32. The zero-order valence-corrected chi connectivity index (χ0v) is 18.7. The molecule has 2 aliphatic rings. The number of aliphatic imine (C=N–C) groups is 1. The summed E-state index contributed by atoms with van der Waals surface area (Å²) in [6, 6.07) is 8.44. The summed E-state index contributed by atoms with van der Waals surface area (Å²) in [7, 11) is 1.79. The van der Waals surface area contributed by atoms with Gasteiger partial charge < -0.3 is 20.4 Å². The lowest BCUT2D eigenvalue weighted by Crippen LogP contribution is -2.45. The molecule has 1 aromatic rings. The Morgan fingerprint density at radius 2 is 1.93 bits per heavy atom. The number of amides is 2. The van der Waals surface area contributed by atoms with Gasteiger partial charge in [0.1, 0.15) is 0 Å². The summed E-state index contributed by atoms with van der Waals surface area (Å²) in [5, 5.41) is 6.34. The highest BCUT2D eigenvalue weighted by Crippen LogP contribution is 2.38. The first-order valence-corrected chi connectivity index (χ1v) is 10.9. The van der Waals surface area contributed by atoms with Crippen molar-refractivity contribution in [2.75, 3.05) is 44.7 Å². The highest BCUT2D eigenvalue weighted by molar-refractivity contribution is 5.98. The molecule has 1 fully saturated rings. The van der Waals surface area contributed by atoms with Crippen molar-refractivity contribution in [1.82, 2.24) is 15.5 Å². The Labute approximate surface area is 179 Å². The van der Waals surface area contributed by atoms with Gasteiger partial charge in [0.15, 0.2) is 5.96 Å². The van der Waals surface area contributed by atoms with E-state index < -0.39 is 0 Å². The van der Waals surface area contributed by atoms with E-state index >= 15 is 0 Å². The van der Waals surface area contributed by atoms with Crippen LogP contribution in [0.1, 0.15) is 51.5 Å². The van der Waals surface area contributed by atoms with Crippen molar-refractivity contribution in [3.8, 4) is 0 Å². The summed E-state index contributed by atoms with van der Waals surface area (Å²) < 4.78 is 0. The zero-order chi connectivity index (χ0) is 21.7. The van der Waals surface area contributed by atoms with Gasteiger partial charge >= 0.3 is 0 Å². The Hall–Kier alpha value is -2.57. The van der Waals surface area contributed by atoms with Gasteiger partial charge in [-0.2, -0.15) is 0 Å². The van der Waals surface area contributed by atoms with Crippen LogP contribution in [0.4, 0.5) is 5.69 Å². The largest absolute Gasteiger partial charge is 0.354 e. The van der Waals surface area contributed by atoms with E-state index in [1.54, 1.807) is 7.05 Å². The molecule has 7 nitrogen and oxygen atoms in total. The molecule has 1 aromatic carbocycles. The maximum atomic E-state index is 12.0. The minimum absolute atomic E-state index is 0.0438. The van der Waals surface area contributed by atoms with Crippen LogP contribution in [0.5, 0.6) is 0 Å². The van der Waals surface area contributed by atoms with Gasteiger partial charge in [0.25, 0.3) is 0 Å². The number of fused-ring (bicyclic) bond motifs is 1. The second-order valence-corrected chi connectivity index (χ2v) is 9.12. The standard InChI is InChI=1S/C23H35N5O2/c1-23(2,3)21(30)25-12-13-26-22(24-4)28-16-17(18-8-5-6-9-19(18)28)11-15-27-14-7-10-20(27)29/h5-6,8-9,17H,7,10-16H2,1-4H3,(H,24,26)(H,25,30). The van der Waals surface area contributed by atoms with E-state index in [-0.39, 0.29) is 17.2 Å². The van der Waals surface area contributed by atoms with Gasteiger partial charge in [0.2, 0.25) is 11.8 Å². The summed E-state index contributed by atoms with van der Waals surface area (Å²) in [5.41, 5.74) is 2.09. The van der Waals surface area contributed by atoms with Gasteiger partial charge in [0, 0.05) is 63.2 Å². The molecule has 2 N–H and O–H groups in total. The molecule has 0 aromatic heterocycles. The number of para-hydroxylation sites is 1. The van der Waals surface area contributed by atoms with E-state index in [2.05, 4.69) is 44.8 Å². The molecule has 0 aliphatic carbocycles. The Kier molecular flexibility index (Phi) is 7.00. The second-order valence-electron chi connectivity index (χ2n) is 9.12. The molecule has 0 radical (unpaired) electrons. The predicted octanol–water partition coefficient (Wildman–Crippen LogP) is 2.34. The number of anilines is 1. The van der Waals surface area contributed by atoms with E-state index in [0.29, 0.717) is 25.4 Å². The molecule has 2 aliphatic heterocycles. The highest BCUT2D eigenvalue weighted by atomic mass is 16.2. The second kappa shape index (κ2) is 9.49. The van der Waals surface area contributed by atoms with E-state index in [1.807, 2.05) is 25.7 Å². The molecule has 2 amide bonds. The number of hydrogen-bond donors (Lipinski definition) is 2. The summed E-state index contributed by atoms with van der Waals surface area (Å²) in [5.74, 6) is 1.51. The first kappa shape index (κ1) is 22.1. The Balaban J connectivity index is 1.59. The minimum Gasteiger partial charge on any atom is -0.354 e. The number of guanidine groups is 1. The number of carbonyl (C=O) groups excluding carboxylic acids is 2. The van der Waals surface area contributed by atoms with Crippen LogP contribution in [0.15, 0.2) is 29.3 Å². The molecule has 30 heavy (non-hydrogen) atoms. The topological polar surface area (TPSA) is 77.0 Å². The van der Waals surface area contributed by atoms with E-state index in [4.69, 9.17) is 0 Å². The van der Waals surface area contributed by atoms with E-state index in [9.17, 15) is 9.59 Å². The molecule has 1 unspecified atom stereocenters. The Bertz CT molecular complexity index is 799. The minimum atomic E-state index is -0.389. The number of rotatable bonds is 6. The van der Waals surface area contributed by atoms with Gasteiger partial charge in [-0.1, -0.05) is 39.0 Å². The average Bonchev–Trinajstić information content (AvgIpc) is 3.29. The summed E-state index contributed by atoms with van der Waals surface area (Å²) in [6.07, 6.45) is 2.63. The quantitative estimate of drug-likeness (QED) is 0.426. The van der Waals surface area contributed by atoms with Crippen LogP contribution in [-0.4, -0.2) is 62.4 Å². The third-order valence-electron chi connectivity index (χ3n) is 5.83. The predicted molar refractivity (Wildman–Crippen MR) is 121 cm³/mol. The van der Waals surface area contributed by atoms with Crippen molar-refractivity contribution in [3.05, 3.63) is 29.8 Å². The number of hydrogen-bond acceptors (Lipinski definition) is 3. The van der Waals surface area contributed by atoms with Crippen LogP contribution in [0, 0.1) is 5.41 Å². The van der Waals surface area contributed by atoms with Crippen molar-refractivity contribution in [1.29, 1.82) is 0 Å². The summed E-state index contributed by atoms with van der Waals surface area (Å²) in [4.78, 5) is 32.7. The van der Waals surface area contributed by atoms with Crippen molar-refractivity contribution < 1.29 is 9.59 Å². The van der Waals surface area contributed by atoms with Gasteiger partial charge in [-0.15, -0.1) is 0 Å². The normalized spacial score (nSPS) is 19.3. The third-order valence-corrected chi connectivity index (χ3v) is 5.83. The Morgan fingerprint density at radius 3 is 2.60 bits per heavy atom. The van der Waals surface area contributed by atoms with Crippen molar-refractivity contribution in [3.63, 3.8) is 0 Å². The van der Waals surface area contributed by atoms with Gasteiger partial charge in [-0.25, -0.2) is 0 Å². The van der Waals surface area contributed by atoms with Crippen molar-refractivity contribution in [2.45, 2.75) is 46.0 Å². The first-order chi connectivity index (χ1) is 14.3. The van der Waals surface area contributed by atoms with Crippen molar-refractivity contribution >= 4 is 23.5 Å². The van der Waals surface area contributed by atoms with Crippen LogP contribution in [0.3, 0.4) is 0 Å². The molecule has 3 rings (SSSR count). The Morgan fingerprint density at radius 1 is 1.20 bits per heavy atom. The van der Waals surface area contributed by atoms with Crippen LogP contribution in [0.2, 0.25) is 0 Å². The number of nitrogens with zero attached hydrogens (tertiary/aromatic N) is 3.